The first-order chi connectivity index (χ1) is 11.2. The Morgan fingerprint density at radius 3 is 2.65 bits per heavy atom. The fourth-order valence-corrected chi connectivity index (χ4v) is 3.10. The van der Waals surface area contributed by atoms with E-state index in [-0.39, 0.29) is 6.15 Å². The summed E-state index contributed by atoms with van der Waals surface area (Å²) in [5, 5.41) is 0.953. The number of hydrogen-bond acceptors (Lipinski definition) is 5. The minimum Gasteiger partial charge on any atom is -0.493 e. The normalized spacial score (nSPS) is 14.7. The number of carbonyl (C=O) groups excluding carboxylic acids is 2. The van der Waals surface area contributed by atoms with Crippen LogP contribution in [-0.2, 0) is 9.59 Å². The lowest BCUT2D eigenvalue weighted by Crippen LogP contribution is -2.15. The predicted molar refractivity (Wildman–Crippen MR) is 88.0 cm³/mol. The quantitative estimate of drug-likeness (QED) is 0.937. The van der Waals surface area contributed by atoms with Gasteiger partial charge >= 0.3 is 6.15 Å². The highest BCUT2D eigenvalue weighted by Gasteiger charge is 2.15. The Hall–Kier alpha value is -2.39. The molecule has 0 spiro atoms. The van der Waals surface area contributed by atoms with E-state index in [0.717, 1.165) is 34.6 Å². The molecular formula is C18H22N2O3. The second-order valence-electron chi connectivity index (χ2n) is 5.90. The number of rotatable bonds is 3. The van der Waals surface area contributed by atoms with Crippen molar-refractivity contribution in [2.24, 2.45) is 5.92 Å². The summed E-state index contributed by atoms with van der Waals surface area (Å²) < 4.78 is 6.06. The molecule has 1 aliphatic rings. The van der Waals surface area contributed by atoms with Crippen LogP contribution in [-0.4, -0.2) is 17.7 Å². The zero-order chi connectivity index (χ0) is 16.7. The van der Waals surface area contributed by atoms with E-state index in [0.29, 0.717) is 5.92 Å². The van der Waals surface area contributed by atoms with Crippen LogP contribution in [0.15, 0.2) is 24.3 Å². The highest BCUT2D eigenvalue weighted by Crippen LogP contribution is 2.31. The smallest absolute Gasteiger partial charge is 0.373 e. The molecule has 5 heteroatoms. The van der Waals surface area contributed by atoms with Crippen LogP contribution in [0.5, 0.6) is 5.75 Å². The number of aryl methyl sites for hydroxylation is 1. The van der Waals surface area contributed by atoms with Gasteiger partial charge in [0.05, 0.1) is 17.5 Å². The molecular weight excluding hydrogens is 292 g/mol. The van der Waals surface area contributed by atoms with Crippen LogP contribution in [0, 0.1) is 12.8 Å². The number of hydrogen-bond donors (Lipinski definition) is 1. The molecule has 0 aliphatic heterocycles. The van der Waals surface area contributed by atoms with E-state index < -0.39 is 0 Å². The average Bonchev–Trinajstić information content (AvgIpc) is 2.54. The van der Waals surface area contributed by atoms with E-state index in [4.69, 9.17) is 20.1 Å². The van der Waals surface area contributed by atoms with Gasteiger partial charge in [0, 0.05) is 11.4 Å². The summed E-state index contributed by atoms with van der Waals surface area (Å²) in [6.45, 7) is 2.76. The SMILES string of the molecule is Cc1cc(N)c2c(OCC3CCCCC3)cccc2n1.O=C=O. The van der Waals surface area contributed by atoms with Gasteiger partial charge in [0.2, 0.25) is 0 Å². The second-order valence-corrected chi connectivity index (χ2v) is 5.90. The maximum atomic E-state index is 8.12. The van der Waals surface area contributed by atoms with Crippen molar-refractivity contribution in [2.75, 3.05) is 12.3 Å². The van der Waals surface area contributed by atoms with Crippen molar-refractivity contribution in [3.8, 4) is 5.75 Å². The van der Waals surface area contributed by atoms with Crippen molar-refractivity contribution in [1.29, 1.82) is 0 Å². The van der Waals surface area contributed by atoms with Gasteiger partial charge in [-0.3, -0.25) is 4.98 Å². The molecule has 1 aliphatic carbocycles. The molecule has 2 aromatic rings. The number of benzene rings is 1. The van der Waals surface area contributed by atoms with Gasteiger partial charge in [-0.1, -0.05) is 25.3 Å². The van der Waals surface area contributed by atoms with Crippen LogP contribution in [0.3, 0.4) is 0 Å². The molecule has 3 rings (SSSR count). The summed E-state index contributed by atoms with van der Waals surface area (Å²) in [5.74, 6) is 1.57. The summed E-state index contributed by atoms with van der Waals surface area (Å²) in [6, 6.07) is 7.89. The zero-order valence-corrected chi connectivity index (χ0v) is 13.4. The Kier molecular flexibility index (Phi) is 6.12. The van der Waals surface area contributed by atoms with Gasteiger partial charge in [0.25, 0.3) is 0 Å². The van der Waals surface area contributed by atoms with Crippen LogP contribution in [0.4, 0.5) is 5.69 Å². The number of anilines is 1. The first kappa shape index (κ1) is 17.0. The van der Waals surface area contributed by atoms with Crippen LogP contribution < -0.4 is 10.5 Å². The second kappa shape index (κ2) is 8.30. The van der Waals surface area contributed by atoms with Crippen molar-refractivity contribution in [3.63, 3.8) is 0 Å². The van der Waals surface area contributed by atoms with Gasteiger partial charge in [0.15, 0.2) is 0 Å². The third kappa shape index (κ3) is 4.54. The molecule has 23 heavy (non-hydrogen) atoms. The van der Waals surface area contributed by atoms with Crippen molar-refractivity contribution in [1.82, 2.24) is 4.98 Å². The maximum absolute atomic E-state index is 8.12. The van der Waals surface area contributed by atoms with Crippen molar-refractivity contribution < 1.29 is 14.3 Å². The number of pyridine rings is 1. The lowest BCUT2D eigenvalue weighted by atomic mass is 9.90. The number of fused-ring (bicyclic) bond motifs is 1. The lowest BCUT2D eigenvalue weighted by Gasteiger charge is -2.22. The third-order valence-electron chi connectivity index (χ3n) is 4.15. The highest BCUT2D eigenvalue weighted by atomic mass is 16.5. The standard InChI is InChI=1S/C17H22N2O.CO2/c1-12-10-14(18)17-15(19-12)8-5-9-16(17)20-11-13-6-3-2-4-7-13;2-1-3/h5,8-10,13H,2-4,6-7,11H2,1H3,(H2,18,19);. The number of nitrogens with two attached hydrogens (primary N) is 1. The lowest BCUT2D eigenvalue weighted by molar-refractivity contribution is -0.191. The molecule has 0 saturated heterocycles. The summed E-state index contributed by atoms with van der Waals surface area (Å²) in [4.78, 5) is 20.8. The Morgan fingerprint density at radius 1 is 1.26 bits per heavy atom. The van der Waals surface area contributed by atoms with Gasteiger partial charge in [-0.05, 0) is 43.9 Å². The van der Waals surface area contributed by atoms with Crippen LogP contribution in [0.1, 0.15) is 37.8 Å². The summed E-state index contributed by atoms with van der Waals surface area (Å²) in [6.07, 6.45) is 6.88. The van der Waals surface area contributed by atoms with E-state index in [1.807, 2.05) is 31.2 Å². The van der Waals surface area contributed by atoms with Gasteiger partial charge in [-0.15, -0.1) is 0 Å². The van der Waals surface area contributed by atoms with Gasteiger partial charge < -0.3 is 10.5 Å². The summed E-state index contributed by atoms with van der Waals surface area (Å²) in [7, 11) is 0. The number of aromatic nitrogens is 1. The van der Waals surface area contributed by atoms with E-state index in [1.54, 1.807) is 0 Å². The van der Waals surface area contributed by atoms with Crippen molar-refractivity contribution >= 4 is 22.7 Å². The van der Waals surface area contributed by atoms with E-state index in [2.05, 4.69) is 4.98 Å². The molecule has 0 radical (unpaired) electrons. The molecule has 0 unspecified atom stereocenters. The van der Waals surface area contributed by atoms with E-state index in [1.165, 1.54) is 32.1 Å². The minimum absolute atomic E-state index is 0.250. The van der Waals surface area contributed by atoms with Crippen LogP contribution in [0.2, 0.25) is 0 Å². The zero-order valence-electron chi connectivity index (χ0n) is 13.4. The topological polar surface area (TPSA) is 82.3 Å². The Labute approximate surface area is 135 Å². The summed E-state index contributed by atoms with van der Waals surface area (Å²) in [5.41, 5.74) is 8.77. The molecule has 1 saturated carbocycles. The molecule has 1 aromatic heterocycles. The molecule has 1 fully saturated rings. The van der Waals surface area contributed by atoms with E-state index in [9.17, 15) is 0 Å². The first-order valence-electron chi connectivity index (χ1n) is 7.93. The Morgan fingerprint density at radius 2 is 1.96 bits per heavy atom. The molecule has 0 atom stereocenters. The highest BCUT2D eigenvalue weighted by molar-refractivity contribution is 5.95. The molecule has 0 amide bonds. The fourth-order valence-electron chi connectivity index (χ4n) is 3.10. The molecule has 5 nitrogen and oxygen atoms in total. The fraction of sp³-hybridized carbons (Fsp3) is 0.444. The largest absolute Gasteiger partial charge is 0.493 e. The van der Waals surface area contributed by atoms with Crippen LogP contribution >= 0.6 is 0 Å². The van der Waals surface area contributed by atoms with Crippen molar-refractivity contribution in [2.45, 2.75) is 39.0 Å². The Bertz CT molecular complexity index is 688. The molecule has 2 N–H and O–H groups in total. The molecule has 122 valence electrons. The van der Waals surface area contributed by atoms with Gasteiger partial charge in [-0.25, -0.2) is 0 Å². The molecule has 0 bridgehead atoms. The number of nitrogens with zero attached hydrogens (tertiary/aromatic N) is 1. The summed E-state index contributed by atoms with van der Waals surface area (Å²) >= 11 is 0. The third-order valence-corrected chi connectivity index (χ3v) is 4.15. The Balaban J connectivity index is 0.000000595. The molecule has 1 aromatic carbocycles. The maximum Gasteiger partial charge on any atom is 0.373 e. The van der Waals surface area contributed by atoms with Crippen LogP contribution in [0.25, 0.3) is 10.9 Å². The average molecular weight is 314 g/mol. The van der Waals surface area contributed by atoms with E-state index >= 15 is 0 Å². The molecule has 1 heterocycles. The monoisotopic (exact) mass is 314 g/mol. The van der Waals surface area contributed by atoms with Gasteiger partial charge in [-0.2, -0.15) is 9.59 Å². The van der Waals surface area contributed by atoms with Crippen molar-refractivity contribution in [3.05, 3.63) is 30.0 Å². The first-order valence-corrected chi connectivity index (χ1v) is 7.93. The number of nitrogen functional groups attached to an aromatic ring is 1. The minimum atomic E-state index is 0.250. The number of ether oxygens (including phenoxy) is 1. The van der Waals surface area contributed by atoms with Gasteiger partial charge in [0.1, 0.15) is 5.75 Å². The predicted octanol–water partition coefficient (Wildman–Crippen LogP) is 3.50.